The lowest BCUT2D eigenvalue weighted by atomic mass is 10.0. The quantitative estimate of drug-likeness (QED) is 0.517. The summed E-state index contributed by atoms with van der Waals surface area (Å²) in [6, 6.07) is 1.06. The zero-order chi connectivity index (χ0) is 14.9. The van der Waals surface area contributed by atoms with Crippen molar-refractivity contribution in [3.8, 4) is 0 Å². The molecular weight excluding hydrogens is 309 g/mol. The molecule has 1 aromatic carbocycles. The molecule has 0 fully saturated rings. The molecule has 0 aliphatic heterocycles. The zero-order valence-electron chi connectivity index (χ0n) is 10.5. The van der Waals surface area contributed by atoms with Crippen molar-refractivity contribution < 1.29 is 8.78 Å². The highest BCUT2D eigenvalue weighted by Gasteiger charge is 2.24. The number of aryl methyl sites for hydroxylation is 1. The largest absolute Gasteiger partial charge is 0.271 e. The van der Waals surface area contributed by atoms with Crippen LogP contribution in [0.1, 0.15) is 24.2 Å². The lowest BCUT2D eigenvalue weighted by molar-refractivity contribution is 0.509. The van der Waals surface area contributed by atoms with Crippen LogP contribution < -0.4 is 11.3 Å². The minimum absolute atomic E-state index is 0.00602. The summed E-state index contributed by atoms with van der Waals surface area (Å²) in [7, 11) is 0. The summed E-state index contributed by atoms with van der Waals surface area (Å²) < 4.78 is 29.1. The van der Waals surface area contributed by atoms with Gasteiger partial charge in [-0.1, -0.05) is 23.2 Å². The normalized spacial score (nSPS) is 12.7. The van der Waals surface area contributed by atoms with E-state index >= 15 is 0 Å². The SMILES string of the molecule is CCn1ncc(Cl)c1C(NN)c1cc(F)c(Cl)cc1F. The predicted molar refractivity (Wildman–Crippen MR) is 73.4 cm³/mol. The van der Waals surface area contributed by atoms with Crippen molar-refractivity contribution in [2.75, 3.05) is 0 Å². The van der Waals surface area contributed by atoms with Gasteiger partial charge in [-0.25, -0.2) is 14.2 Å². The number of hydrazine groups is 1. The molecule has 0 spiro atoms. The highest BCUT2D eigenvalue weighted by atomic mass is 35.5. The van der Waals surface area contributed by atoms with Crippen LogP contribution in [-0.4, -0.2) is 9.78 Å². The van der Waals surface area contributed by atoms with Crippen molar-refractivity contribution in [3.05, 3.63) is 51.3 Å². The maximum atomic E-state index is 14.0. The highest BCUT2D eigenvalue weighted by Crippen LogP contribution is 2.31. The number of halogens is 4. The molecule has 2 rings (SSSR count). The Morgan fingerprint density at radius 3 is 2.60 bits per heavy atom. The van der Waals surface area contributed by atoms with Crippen molar-refractivity contribution >= 4 is 23.2 Å². The molecule has 108 valence electrons. The second-order valence-electron chi connectivity index (χ2n) is 4.08. The third-order valence-corrected chi connectivity index (χ3v) is 3.50. The molecule has 4 nitrogen and oxygen atoms in total. The molecule has 0 bridgehead atoms. The van der Waals surface area contributed by atoms with Crippen molar-refractivity contribution in [3.63, 3.8) is 0 Å². The molecule has 1 unspecified atom stereocenters. The number of hydrogen-bond donors (Lipinski definition) is 2. The fourth-order valence-corrected chi connectivity index (χ4v) is 2.39. The molecule has 8 heteroatoms. The Balaban J connectivity index is 2.58. The first-order chi connectivity index (χ1) is 9.49. The summed E-state index contributed by atoms with van der Waals surface area (Å²) in [5.74, 6) is 4.06. The van der Waals surface area contributed by atoms with Gasteiger partial charge in [0.2, 0.25) is 0 Å². The third-order valence-electron chi connectivity index (χ3n) is 2.92. The van der Waals surface area contributed by atoms with Gasteiger partial charge in [0, 0.05) is 12.1 Å². The van der Waals surface area contributed by atoms with Gasteiger partial charge in [-0.3, -0.25) is 10.5 Å². The number of aromatic nitrogens is 2. The Kier molecular flexibility index (Phi) is 4.59. The Labute approximate surface area is 124 Å². The van der Waals surface area contributed by atoms with E-state index in [1.165, 1.54) is 6.20 Å². The van der Waals surface area contributed by atoms with Crippen LogP contribution in [0, 0.1) is 11.6 Å². The first-order valence-corrected chi connectivity index (χ1v) is 6.57. The highest BCUT2D eigenvalue weighted by molar-refractivity contribution is 6.31. The van der Waals surface area contributed by atoms with Gasteiger partial charge < -0.3 is 0 Å². The van der Waals surface area contributed by atoms with Gasteiger partial charge in [0.15, 0.2) is 0 Å². The van der Waals surface area contributed by atoms with Crippen LogP contribution in [0.5, 0.6) is 0 Å². The first-order valence-electron chi connectivity index (χ1n) is 5.81. The second kappa shape index (κ2) is 6.05. The topological polar surface area (TPSA) is 55.9 Å². The van der Waals surface area contributed by atoms with Crippen LogP contribution in [0.15, 0.2) is 18.3 Å². The van der Waals surface area contributed by atoms with Crippen LogP contribution in [0.3, 0.4) is 0 Å². The lowest BCUT2D eigenvalue weighted by Crippen LogP contribution is -2.31. The zero-order valence-corrected chi connectivity index (χ0v) is 12.0. The smallest absolute Gasteiger partial charge is 0.142 e. The van der Waals surface area contributed by atoms with Gasteiger partial charge in [0.25, 0.3) is 0 Å². The van der Waals surface area contributed by atoms with Gasteiger partial charge in [0.05, 0.1) is 28.0 Å². The molecule has 1 heterocycles. The van der Waals surface area contributed by atoms with Gasteiger partial charge in [-0.05, 0) is 19.1 Å². The van der Waals surface area contributed by atoms with E-state index in [4.69, 9.17) is 29.0 Å². The number of nitrogens with zero attached hydrogens (tertiary/aromatic N) is 2. The fourth-order valence-electron chi connectivity index (χ4n) is 1.99. The summed E-state index contributed by atoms with van der Waals surface area (Å²) in [6.45, 7) is 2.36. The third kappa shape index (κ3) is 2.64. The molecular formula is C12H12Cl2F2N4. The predicted octanol–water partition coefficient (Wildman–Crippen LogP) is 3.04. The van der Waals surface area contributed by atoms with Crippen LogP contribution in [0.4, 0.5) is 8.78 Å². The lowest BCUT2D eigenvalue weighted by Gasteiger charge is -2.19. The van der Waals surface area contributed by atoms with Crippen molar-refractivity contribution in [1.29, 1.82) is 0 Å². The summed E-state index contributed by atoms with van der Waals surface area (Å²) in [4.78, 5) is 0. The Morgan fingerprint density at radius 1 is 1.30 bits per heavy atom. The molecule has 0 radical (unpaired) electrons. The van der Waals surface area contributed by atoms with Crippen LogP contribution in [0.25, 0.3) is 0 Å². The Morgan fingerprint density at radius 2 is 2.00 bits per heavy atom. The van der Waals surface area contributed by atoms with E-state index in [0.29, 0.717) is 17.3 Å². The second-order valence-corrected chi connectivity index (χ2v) is 4.90. The summed E-state index contributed by atoms with van der Waals surface area (Å²) in [5.41, 5.74) is 2.89. The maximum absolute atomic E-state index is 14.0. The van der Waals surface area contributed by atoms with E-state index in [2.05, 4.69) is 10.5 Å². The van der Waals surface area contributed by atoms with E-state index < -0.39 is 17.7 Å². The molecule has 3 N–H and O–H groups in total. The van der Waals surface area contributed by atoms with E-state index in [1.54, 1.807) is 4.68 Å². The number of hydrogen-bond acceptors (Lipinski definition) is 3. The number of benzene rings is 1. The van der Waals surface area contributed by atoms with Gasteiger partial charge in [-0.2, -0.15) is 5.10 Å². The van der Waals surface area contributed by atoms with E-state index in [-0.39, 0.29) is 10.6 Å². The molecule has 0 saturated carbocycles. The van der Waals surface area contributed by atoms with Gasteiger partial charge in [-0.15, -0.1) is 0 Å². The monoisotopic (exact) mass is 320 g/mol. The molecule has 0 aliphatic carbocycles. The molecule has 1 aromatic heterocycles. The number of nitrogens with two attached hydrogens (primary N) is 1. The summed E-state index contributed by atoms with van der Waals surface area (Å²) in [6.07, 6.45) is 1.43. The standard InChI is InChI=1S/C12H12Cl2F2N4/c1-2-20-12(8(14)5-18-20)11(19-17)6-3-10(16)7(13)4-9(6)15/h3-5,11,19H,2,17H2,1H3. The van der Waals surface area contributed by atoms with E-state index in [9.17, 15) is 8.78 Å². The minimum atomic E-state index is -0.836. The number of rotatable bonds is 4. The van der Waals surface area contributed by atoms with Gasteiger partial charge in [0.1, 0.15) is 11.6 Å². The van der Waals surface area contributed by atoms with Gasteiger partial charge >= 0.3 is 0 Å². The Hall–Kier alpha value is -1.21. The van der Waals surface area contributed by atoms with Crippen LogP contribution >= 0.6 is 23.2 Å². The minimum Gasteiger partial charge on any atom is -0.271 e. The van der Waals surface area contributed by atoms with E-state index in [0.717, 1.165) is 12.1 Å². The molecule has 1 atom stereocenters. The maximum Gasteiger partial charge on any atom is 0.142 e. The molecule has 0 amide bonds. The van der Waals surface area contributed by atoms with Crippen LogP contribution in [-0.2, 0) is 6.54 Å². The average molecular weight is 321 g/mol. The fraction of sp³-hybridized carbons (Fsp3) is 0.250. The van der Waals surface area contributed by atoms with Crippen molar-refractivity contribution in [1.82, 2.24) is 15.2 Å². The van der Waals surface area contributed by atoms with Crippen LogP contribution in [0.2, 0.25) is 10.0 Å². The first kappa shape index (κ1) is 15.2. The molecule has 0 saturated heterocycles. The summed E-state index contributed by atoms with van der Waals surface area (Å²) >= 11 is 11.6. The molecule has 20 heavy (non-hydrogen) atoms. The molecule has 0 aliphatic rings. The molecule has 2 aromatic rings. The van der Waals surface area contributed by atoms with Crippen molar-refractivity contribution in [2.24, 2.45) is 5.84 Å². The summed E-state index contributed by atoms with van der Waals surface area (Å²) in [5, 5.41) is 4.06. The Bertz CT molecular complexity index is 630. The number of nitrogens with one attached hydrogen (secondary N) is 1. The van der Waals surface area contributed by atoms with Crippen molar-refractivity contribution in [2.45, 2.75) is 19.5 Å². The van der Waals surface area contributed by atoms with E-state index in [1.807, 2.05) is 6.92 Å². The average Bonchev–Trinajstić information content (AvgIpc) is 2.78.